The van der Waals surface area contributed by atoms with Crippen LogP contribution in [-0.4, -0.2) is 33.0 Å². The standard InChI is InChI=1S/C12H15F3O4S2/c1-4-9-18-10-5-7-11(8-6-10)20(2,3)19-21(16,17)12(13,14)15/h4-8H,1,9H2,2-3H3. The van der Waals surface area contributed by atoms with Gasteiger partial charge in [-0.25, -0.2) is 3.63 Å². The number of halogens is 3. The molecule has 0 unspecified atom stereocenters. The van der Waals surface area contributed by atoms with Crippen molar-refractivity contribution in [3.63, 3.8) is 0 Å². The van der Waals surface area contributed by atoms with E-state index in [-0.39, 0.29) is 6.61 Å². The zero-order valence-electron chi connectivity index (χ0n) is 11.4. The van der Waals surface area contributed by atoms with Crippen molar-refractivity contribution in [2.45, 2.75) is 10.4 Å². The van der Waals surface area contributed by atoms with E-state index in [1.807, 2.05) is 0 Å². The summed E-state index contributed by atoms with van der Waals surface area (Å²) in [5, 5.41) is 0. The van der Waals surface area contributed by atoms with Gasteiger partial charge in [0, 0.05) is 4.90 Å². The molecular weight excluding hydrogens is 329 g/mol. The molecule has 0 aliphatic heterocycles. The molecule has 0 aliphatic carbocycles. The molecule has 1 aromatic rings. The lowest BCUT2D eigenvalue weighted by atomic mass is 10.3. The molecule has 0 saturated carbocycles. The number of rotatable bonds is 6. The second-order valence-electron chi connectivity index (χ2n) is 4.27. The number of benzene rings is 1. The summed E-state index contributed by atoms with van der Waals surface area (Å²) < 4.78 is 68.8. The summed E-state index contributed by atoms with van der Waals surface area (Å²) in [5.74, 6) is 0.493. The molecule has 0 radical (unpaired) electrons. The summed E-state index contributed by atoms with van der Waals surface area (Å²) in [6.45, 7) is 3.77. The van der Waals surface area contributed by atoms with Crippen LogP contribution in [0.15, 0.2) is 41.8 Å². The Morgan fingerprint density at radius 2 is 1.71 bits per heavy atom. The van der Waals surface area contributed by atoms with Crippen LogP contribution in [0.5, 0.6) is 5.75 Å². The van der Waals surface area contributed by atoms with Crippen LogP contribution in [0.4, 0.5) is 13.2 Å². The van der Waals surface area contributed by atoms with Crippen molar-refractivity contribution < 1.29 is 30.0 Å². The number of hydrogen-bond acceptors (Lipinski definition) is 4. The maximum absolute atomic E-state index is 12.4. The van der Waals surface area contributed by atoms with Crippen LogP contribution >= 0.6 is 10.3 Å². The first kappa shape index (κ1) is 17.9. The average Bonchev–Trinajstić information content (AvgIpc) is 2.34. The third kappa shape index (κ3) is 4.65. The Morgan fingerprint density at radius 1 is 1.19 bits per heavy atom. The van der Waals surface area contributed by atoms with Crippen molar-refractivity contribution in [2.75, 3.05) is 19.1 Å². The van der Waals surface area contributed by atoms with Gasteiger partial charge in [0.2, 0.25) is 0 Å². The predicted molar refractivity (Wildman–Crippen MR) is 75.9 cm³/mol. The molecule has 0 aromatic heterocycles. The van der Waals surface area contributed by atoms with E-state index in [1.54, 1.807) is 6.08 Å². The third-order valence-electron chi connectivity index (χ3n) is 2.30. The Kier molecular flexibility index (Phi) is 5.35. The van der Waals surface area contributed by atoms with Crippen molar-refractivity contribution in [2.24, 2.45) is 0 Å². The van der Waals surface area contributed by atoms with Crippen molar-refractivity contribution in [1.29, 1.82) is 0 Å². The lowest BCUT2D eigenvalue weighted by Crippen LogP contribution is -2.26. The SMILES string of the molecule is C=CCOc1ccc(S(C)(C)OS(=O)(=O)C(F)(F)F)cc1. The van der Waals surface area contributed by atoms with E-state index in [0.717, 1.165) is 0 Å². The summed E-state index contributed by atoms with van der Waals surface area (Å²) in [6, 6.07) is 5.99. The number of hydrogen-bond donors (Lipinski definition) is 0. The van der Waals surface area contributed by atoms with E-state index >= 15 is 0 Å². The second-order valence-corrected chi connectivity index (χ2v) is 9.13. The zero-order valence-corrected chi connectivity index (χ0v) is 13.0. The monoisotopic (exact) mass is 344 g/mol. The van der Waals surface area contributed by atoms with Crippen molar-refractivity contribution in [3.05, 3.63) is 36.9 Å². The van der Waals surface area contributed by atoms with Gasteiger partial charge in [-0.2, -0.15) is 21.6 Å². The molecule has 21 heavy (non-hydrogen) atoms. The maximum atomic E-state index is 12.4. The van der Waals surface area contributed by atoms with E-state index < -0.39 is 25.9 Å². The van der Waals surface area contributed by atoms with E-state index in [0.29, 0.717) is 10.6 Å². The fourth-order valence-electron chi connectivity index (χ4n) is 1.32. The number of alkyl halides is 3. The lowest BCUT2D eigenvalue weighted by molar-refractivity contribution is -0.0495. The molecule has 0 bridgehead atoms. The van der Waals surface area contributed by atoms with Crippen molar-refractivity contribution in [3.8, 4) is 5.75 Å². The van der Waals surface area contributed by atoms with E-state index in [9.17, 15) is 21.6 Å². The van der Waals surface area contributed by atoms with Gasteiger partial charge in [0.1, 0.15) is 12.4 Å². The molecular formula is C12H15F3O4S2. The Bertz CT molecular complexity index is 592. The van der Waals surface area contributed by atoms with Gasteiger partial charge in [-0.1, -0.05) is 23.0 Å². The Morgan fingerprint density at radius 3 is 2.14 bits per heavy atom. The van der Waals surface area contributed by atoms with Crippen LogP contribution in [0.2, 0.25) is 0 Å². The topological polar surface area (TPSA) is 52.6 Å². The minimum atomic E-state index is -5.64. The van der Waals surface area contributed by atoms with Gasteiger partial charge < -0.3 is 4.74 Å². The molecule has 0 heterocycles. The molecule has 0 amide bonds. The molecule has 0 spiro atoms. The maximum Gasteiger partial charge on any atom is 0.523 e. The Hall–Kier alpha value is -1.19. The van der Waals surface area contributed by atoms with Gasteiger partial charge in [0.05, 0.1) is 0 Å². The van der Waals surface area contributed by atoms with Gasteiger partial charge in [0.15, 0.2) is 0 Å². The molecule has 120 valence electrons. The first-order valence-electron chi connectivity index (χ1n) is 5.59. The first-order valence-corrected chi connectivity index (χ1v) is 9.37. The molecule has 0 aliphatic rings. The largest absolute Gasteiger partial charge is 0.523 e. The van der Waals surface area contributed by atoms with E-state index in [2.05, 4.69) is 10.2 Å². The lowest BCUT2D eigenvalue weighted by Gasteiger charge is -2.30. The van der Waals surface area contributed by atoms with E-state index in [1.165, 1.54) is 36.8 Å². The predicted octanol–water partition coefficient (Wildman–Crippen LogP) is 3.46. The molecule has 4 nitrogen and oxygen atoms in total. The minimum Gasteiger partial charge on any atom is -0.490 e. The van der Waals surface area contributed by atoms with Crippen LogP contribution in [0.3, 0.4) is 0 Å². The minimum absolute atomic E-state index is 0.286. The highest BCUT2D eigenvalue weighted by Gasteiger charge is 2.49. The fraction of sp³-hybridized carbons (Fsp3) is 0.333. The molecule has 9 heteroatoms. The summed E-state index contributed by atoms with van der Waals surface area (Å²) in [5.41, 5.74) is -5.44. The van der Waals surface area contributed by atoms with Gasteiger partial charge in [-0.15, -0.1) is 0 Å². The molecule has 0 atom stereocenters. The van der Waals surface area contributed by atoms with Crippen molar-refractivity contribution in [1.82, 2.24) is 0 Å². The van der Waals surface area contributed by atoms with E-state index in [4.69, 9.17) is 4.74 Å². The van der Waals surface area contributed by atoms with Gasteiger partial charge in [0.25, 0.3) is 0 Å². The van der Waals surface area contributed by atoms with Crippen molar-refractivity contribution >= 4 is 20.4 Å². The van der Waals surface area contributed by atoms with Gasteiger partial charge in [-0.05, 0) is 36.8 Å². The second kappa shape index (κ2) is 6.29. The van der Waals surface area contributed by atoms with Crippen LogP contribution in [0.25, 0.3) is 0 Å². The van der Waals surface area contributed by atoms with Crippen LogP contribution < -0.4 is 4.74 Å². The van der Waals surface area contributed by atoms with Crippen LogP contribution in [0.1, 0.15) is 0 Å². The highest BCUT2D eigenvalue weighted by molar-refractivity contribution is 8.32. The fourth-order valence-corrected chi connectivity index (χ4v) is 4.53. The molecule has 1 rings (SSSR count). The Labute approximate surface area is 123 Å². The Balaban J connectivity index is 2.95. The summed E-state index contributed by atoms with van der Waals surface area (Å²) in [4.78, 5) is 0.348. The molecule has 0 fully saturated rings. The van der Waals surface area contributed by atoms with Gasteiger partial charge in [-0.3, -0.25) is 0 Å². The van der Waals surface area contributed by atoms with Crippen LogP contribution in [0, 0.1) is 0 Å². The molecule has 1 aromatic carbocycles. The zero-order chi connectivity index (χ0) is 16.3. The van der Waals surface area contributed by atoms with Gasteiger partial charge >= 0.3 is 15.6 Å². The quantitative estimate of drug-likeness (QED) is 0.586. The van der Waals surface area contributed by atoms with Crippen LogP contribution in [-0.2, 0) is 13.7 Å². The summed E-state index contributed by atoms with van der Waals surface area (Å²) >= 11 is 0. The summed E-state index contributed by atoms with van der Waals surface area (Å²) in [6.07, 6.45) is 4.17. The highest BCUT2D eigenvalue weighted by Crippen LogP contribution is 2.53. The summed E-state index contributed by atoms with van der Waals surface area (Å²) in [7, 11) is -8.26. The first-order chi connectivity index (χ1) is 9.49. The highest BCUT2D eigenvalue weighted by atomic mass is 32.3. The molecule has 0 N–H and O–H groups in total. The average molecular weight is 344 g/mol. The number of ether oxygens (including phenoxy) is 1. The molecule has 0 saturated heterocycles. The third-order valence-corrected chi connectivity index (χ3v) is 6.35. The smallest absolute Gasteiger partial charge is 0.490 e. The normalized spacial score (nSPS) is 13.8.